The second-order valence-corrected chi connectivity index (χ2v) is 9.15. The summed E-state index contributed by atoms with van der Waals surface area (Å²) < 4.78 is 0. The molecule has 0 aliphatic carbocycles. The van der Waals surface area contributed by atoms with Crippen molar-refractivity contribution in [3.63, 3.8) is 0 Å². The molecule has 2 aromatic carbocycles. The number of nitrogens with one attached hydrogen (secondary N) is 1. The quantitative estimate of drug-likeness (QED) is 0.786. The molecule has 1 amide bonds. The fraction of sp³-hybridized carbons (Fsp3) is 0.400. The maximum Gasteiger partial charge on any atom is 0.223 e. The minimum absolute atomic E-state index is 0.128. The number of hydrogen-bond acceptors (Lipinski definition) is 3. The second kappa shape index (κ2) is 6.12. The van der Waals surface area contributed by atoms with Crippen LogP contribution in [-0.4, -0.2) is 31.2 Å². The number of fused-ring (bicyclic) bond motifs is 4. The SMILES string of the molecule is C[C@H]1[C@H](/C=C/[C@]23NC(=O)CCN2c2ccccc2C3(C)C)c2ccccc2N1C. The van der Waals surface area contributed by atoms with Crippen LogP contribution in [0.5, 0.6) is 0 Å². The molecule has 1 N–H and O–H groups in total. The molecule has 1 fully saturated rings. The lowest BCUT2D eigenvalue weighted by Crippen LogP contribution is -2.68. The standard InChI is InChI=1S/C25H29N3O/c1-17-18(19-9-5-7-11-21(19)27(17)4)13-15-25-24(2,3)20-10-6-8-12-22(20)28(25)16-14-23(29)26-25/h5-13,15,17-18H,14,16H2,1-4H3,(H,26,29)/b15-13+/t17-,18-,25-/m0/s1. The van der Waals surface area contributed by atoms with E-state index in [0.29, 0.717) is 18.4 Å². The Balaban J connectivity index is 1.61. The predicted molar refractivity (Wildman–Crippen MR) is 118 cm³/mol. The number of amides is 1. The van der Waals surface area contributed by atoms with Gasteiger partial charge < -0.3 is 15.1 Å². The van der Waals surface area contributed by atoms with Gasteiger partial charge in [0.25, 0.3) is 0 Å². The number of rotatable bonds is 2. The molecule has 3 aliphatic heterocycles. The van der Waals surface area contributed by atoms with Gasteiger partial charge >= 0.3 is 0 Å². The molecule has 3 atom stereocenters. The van der Waals surface area contributed by atoms with Crippen LogP contribution in [0.4, 0.5) is 11.4 Å². The van der Waals surface area contributed by atoms with Crippen molar-refractivity contribution in [2.75, 3.05) is 23.4 Å². The van der Waals surface area contributed by atoms with E-state index in [1.165, 1.54) is 22.5 Å². The molecular formula is C25H29N3O. The van der Waals surface area contributed by atoms with E-state index in [1.807, 2.05) is 0 Å². The predicted octanol–water partition coefficient (Wildman–Crippen LogP) is 4.18. The van der Waals surface area contributed by atoms with E-state index in [4.69, 9.17) is 0 Å². The van der Waals surface area contributed by atoms with Gasteiger partial charge in [-0.05, 0) is 36.3 Å². The normalized spacial score (nSPS) is 29.6. The molecule has 5 rings (SSSR count). The first kappa shape index (κ1) is 18.3. The molecule has 1 saturated heterocycles. The topological polar surface area (TPSA) is 35.6 Å². The highest BCUT2D eigenvalue weighted by Crippen LogP contribution is 2.52. The monoisotopic (exact) mass is 387 g/mol. The van der Waals surface area contributed by atoms with Crippen LogP contribution in [0.1, 0.15) is 44.2 Å². The van der Waals surface area contributed by atoms with Gasteiger partial charge in [-0.25, -0.2) is 0 Å². The number of para-hydroxylation sites is 2. The second-order valence-electron chi connectivity index (χ2n) is 9.15. The van der Waals surface area contributed by atoms with Gasteiger partial charge in [-0.1, -0.05) is 56.3 Å². The minimum atomic E-state index is -0.540. The zero-order chi connectivity index (χ0) is 20.4. The highest BCUT2D eigenvalue weighted by atomic mass is 16.2. The van der Waals surface area contributed by atoms with Crippen LogP contribution in [0.2, 0.25) is 0 Å². The zero-order valence-corrected chi connectivity index (χ0v) is 17.6. The highest BCUT2D eigenvalue weighted by Gasteiger charge is 2.57. The molecule has 0 aromatic heterocycles. The largest absolute Gasteiger partial charge is 0.371 e. The lowest BCUT2D eigenvalue weighted by atomic mass is 9.74. The number of anilines is 2. The Bertz CT molecular complexity index is 1010. The van der Waals surface area contributed by atoms with Gasteiger partial charge in [0.05, 0.1) is 0 Å². The molecule has 4 heteroatoms. The summed E-state index contributed by atoms with van der Waals surface area (Å²) in [6, 6.07) is 17.6. The lowest BCUT2D eigenvalue weighted by molar-refractivity contribution is -0.124. The van der Waals surface area contributed by atoms with Crippen LogP contribution < -0.4 is 15.1 Å². The van der Waals surface area contributed by atoms with Gasteiger partial charge in [0, 0.05) is 48.8 Å². The van der Waals surface area contributed by atoms with Crippen molar-refractivity contribution in [2.24, 2.45) is 0 Å². The van der Waals surface area contributed by atoms with Crippen LogP contribution >= 0.6 is 0 Å². The average molecular weight is 388 g/mol. The Hall–Kier alpha value is -2.75. The summed E-state index contributed by atoms with van der Waals surface area (Å²) in [7, 11) is 2.17. The van der Waals surface area contributed by atoms with Gasteiger partial charge in [0.1, 0.15) is 5.66 Å². The van der Waals surface area contributed by atoms with Gasteiger partial charge in [-0.2, -0.15) is 0 Å². The first-order valence-corrected chi connectivity index (χ1v) is 10.6. The van der Waals surface area contributed by atoms with Crippen LogP contribution in [0.25, 0.3) is 0 Å². The van der Waals surface area contributed by atoms with Crippen molar-refractivity contribution >= 4 is 17.3 Å². The van der Waals surface area contributed by atoms with Crippen molar-refractivity contribution in [2.45, 2.75) is 50.2 Å². The van der Waals surface area contributed by atoms with Crippen LogP contribution in [0.15, 0.2) is 60.7 Å². The van der Waals surface area contributed by atoms with E-state index < -0.39 is 5.66 Å². The van der Waals surface area contributed by atoms with E-state index in [1.54, 1.807) is 0 Å². The van der Waals surface area contributed by atoms with Gasteiger partial charge in [-0.3, -0.25) is 4.79 Å². The van der Waals surface area contributed by atoms with Crippen molar-refractivity contribution in [3.05, 3.63) is 71.8 Å². The van der Waals surface area contributed by atoms with Crippen LogP contribution in [0, 0.1) is 0 Å². The third-order valence-corrected chi connectivity index (χ3v) is 7.49. The molecule has 3 heterocycles. The fourth-order valence-corrected chi connectivity index (χ4v) is 5.64. The summed E-state index contributed by atoms with van der Waals surface area (Å²) >= 11 is 0. The number of carbonyl (C=O) groups excluding carboxylic acids is 1. The average Bonchev–Trinajstić information content (AvgIpc) is 3.07. The number of likely N-dealkylation sites (N-methyl/N-ethyl adjacent to an activating group) is 1. The van der Waals surface area contributed by atoms with Gasteiger partial charge in [0.15, 0.2) is 0 Å². The molecule has 4 nitrogen and oxygen atoms in total. The van der Waals surface area contributed by atoms with Crippen molar-refractivity contribution in [1.82, 2.24) is 5.32 Å². The van der Waals surface area contributed by atoms with Crippen molar-refractivity contribution < 1.29 is 4.79 Å². The number of nitrogens with zero attached hydrogens (tertiary/aromatic N) is 2. The summed E-state index contributed by atoms with van der Waals surface area (Å²) in [6.45, 7) is 7.52. The highest BCUT2D eigenvalue weighted by molar-refractivity contribution is 5.84. The lowest BCUT2D eigenvalue weighted by Gasteiger charge is -2.49. The summed E-state index contributed by atoms with van der Waals surface area (Å²) in [5.74, 6) is 0.425. The summed E-state index contributed by atoms with van der Waals surface area (Å²) in [4.78, 5) is 17.3. The molecule has 150 valence electrons. The number of hydrogen-bond donors (Lipinski definition) is 1. The molecule has 3 aliphatic rings. The van der Waals surface area contributed by atoms with E-state index in [9.17, 15) is 4.79 Å². The van der Waals surface area contributed by atoms with Gasteiger partial charge in [-0.15, -0.1) is 0 Å². The molecule has 0 bridgehead atoms. The molecule has 0 spiro atoms. The Morgan fingerprint density at radius 2 is 1.76 bits per heavy atom. The van der Waals surface area contributed by atoms with E-state index in [0.717, 1.165) is 6.54 Å². The molecule has 29 heavy (non-hydrogen) atoms. The molecule has 0 radical (unpaired) electrons. The zero-order valence-electron chi connectivity index (χ0n) is 17.6. The Labute approximate surface area is 173 Å². The molecule has 0 unspecified atom stereocenters. The summed E-state index contributed by atoms with van der Waals surface area (Å²) in [5.41, 5.74) is 4.41. The van der Waals surface area contributed by atoms with E-state index in [2.05, 4.69) is 104 Å². The smallest absolute Gasteiger partial charge is 0.223 e. The van der Waals surface area contributed by atoms with E-state index >= 15 is 0 Å². The van der Waals surface area contributed by atoms with Gasteiger partial charge in [0.2, 0.25) is 5.91 Å². The van der Waals surface area contributed by atoms with E-state index in [-0.39, 0.29) is 11.3 Å². The molecular weight excluding hydrogens is 358 g/mol. The summed E-state index contributed by atoms with van der Waals surface area (Å²) in [6.07, 6.45) is 5.14. The van der Waals surface area contributed by atoms with Crippen molar-refractivity contribution in [3.8, 4) is 0 Å². The maximum atomic E-state index is 12.6. The first-order valence-electron chi connectivity index (χ1n) is 10.6. The van der Waals surface area contributed by atoms with Crippen LogP contribution in [0.3, 0.4) is 0 Å². The Morgan fingerprint density at radius 1 is 1.07 bits per heavy atom. The maximum absolute atomic E-state index is 12.6. The third kappa shape index (κ3) is 2.35. The van der Waals surface area contributed by atoms with Crippen LogP contribution in [-0.2, 0) is 10.2 Å². The Morgan fingerprint density at radius 3 is 2.55 bits per heavy atom. The first-order chi connectivity index (χ1) is 13.9. The molecule has 0 saturated carbocycles. The third-order valence-electron chi connectivity index (χ3n) is 7.49. The number of benzene rings is 2. The molecule has 2 aromatic rings. The fourth-order valence-electron chi connectivity index (χ4n) is 5.64. The minimum Gasteiger partial charge on any atom is -0.371 e. The number of carbonyl (C=O) groups is 1. The van der Waals surface area contributed by atoms with Crippen molar-refractivity contribution in [1.29, 1.82) is 0 Å². The Kier molecular flexibility index (Phi) is 3.86. The summed E-state index contributed by atoms with van der Waals surface area (Å²) in [5, 5.41) is 3.39.